The molecule has 0 atom stereocenters. The first-order chi connectivity index (χ1) is 9.54. The third kappa shape index (κ3) is 2.59. The van der Waals surface area contributed by atoms with Gasteiger partial charge in [0.25, 0.3) is 0 Å². The van der Waals surface area contributed by atoms with E-state index in [-0.39, 0.29) is 5.75 Å². The van der Waals surface area contributed by atoms with Crippen LogP contribution in [0.4, 0.5) is 5.82 Å². The van der Waals surface area contributed by atoms with E-state index in [1.165, 1.54) is 8.94 Å². The highest BCUT2D eigenvalue weighted by atomic mass is 32.2. The number of aryl methyl sites for hydroxylation is 1. The average molecular weight is 296 g/mol. The molecule has 108 valence electrons. The lowest BCUT2D eigenvalue weighted by molar-refractivity contribution is 0.456. The van der Waals surface area contributed by atoms with Crippen LogP contribution in [0, 0.1) is 6.92 Å². The molecular formula is C11H16N6O2S. The molecule has 2 aromatic rings. The molecule has 0 aliphatic carbocycles. The molecule has 0 bridgehead atoms. The molecule has 0 unspecified atom stereocenters. The zero-order valence-corrected chi connectivity index (χ0v) is 12.0. The summed E-state index contributed by atoms with van der Waals surface area (Å²) in [5, 5.41) is 11.5. The van der Waals surface area contributed by atoms with Crippen molar-refractivity contribution >= 4 is 21.5 Å². The number of sulfonamides is 1. The van der Waals surface area contributed by atoms with E-state index in [1.54, 1.807) is 6.92 Å². The highest BCUT2D eigenvalue weighted by molar-refractivity contribution is 7.89. The van der Waals surface area contributed by atoms with Crippen LogP contribution in [0.1, 0.15) is 12.2 Å². The summed E-state index contributed by atoms with van der Waals surface area (Å²) in [6.07, 6.45) is 0.713. The Morgan fingerprint density at radius 1 is 1.35 bits per heavy atom. The lowest BCUT2D eigenvalue weighted by Crippen LogP contribution is -2.30. The van der Waals surface area contributed by atoms with Gasteiger partial charge < -0.3 is 5.32 Å². The molecule has 1 aliphatic rings. The van der Waals surface area contributed by atoms with Crippen molar-refractivity contribution in [2.45, 2.75) is 13.3 Å². The third-order valence-electron chi connectivity index (χ3n) is 3.18. The molecule has 0 amide bonds. The first kappa shape index (κ1) is 13.3. The van der Waals surface area contributed by atoms with E-state index in [0.717, 1.165) is 0 Å². The molecule has 2 aromatic heterocycles. The molecule has 0 aromatic carbocycles. The molecule has 3 rings (SSSR count). The van der Waals surface area contributed by atoms with Crippen molar-refractivity contribution in [1.82, 2.24) is 24.1 Å². The van der Waals surface area contributed by atoms with Gasteiger partial charge in [-0.25, -0.2) is 17.7 Å². The lowest BCUT2D eigenvalue weighted by atomic mass is 10.4. The Kier molecular flexibility index (Phi) is 3.30. The van der Waals surface area contributed by atoms with Crippen LogP contribution in [0.5, 0.6) is 0 Å². The second-order valence-electron chi connectivity index (χ2n) is 4.72. The minimum atomic E-state index is -3.03. The molecule has 1 N–H and O–H groups in total. The minimum absolute atomic E-state index is 0.259. The number of rotatable bonds is 4. The van der Waals surface area contributed by atoms with Crippen molar-refractivity contribution < 1.29 is 8.42 Å². The van der Waals surface area contributed by atoms with Crippen LogP contribution in [-0.2, 0) is 10.0 Å². The zero-order valence-electron chi connectivity index (χ0n) is 11.2. The number of nitrogens with zero attached hydrogens (tertiary/aromatic N) is 5. The Balaban J connectivity index is 1.62. The van der Waals surface area contributed by atoms with E-state index in [9.17, 15) is 8.42 Å². The van der Waals surface area contributed by atoms with E-state index in [4.69, 9.17) is 0 Å². The SMILES string of the molecule is Cc1nc2ccc(NCCN3CCCS3(=O)=O)nn2n1. The Hall–Kier alpha value is -1.74. The summed E-state index contributed by atoms with van der Waals surface area (Å²) in [6, 6.07) is 3.63. The molecule has 0 radical (unpaired) electrons. The average Bonchev–Trinajstić information content (AvgIpc) is 2.91. The van der Waals surface area contributed by atoms with Crippen LogP contribution in [0.2, 0.25) is 0 Å². The first-order valence-electron chi connectivity index (χ1n) is 6.47. The molecule has 9 heteroatoms. The Bertz CT molecular complexity index is 726. The first-order valence-corrected chi connectivity index (χ1v) is 8.08. The second kappa shape index (κ2) is 4.98. The van der Waals surface area contributed by atoms with Crippen molar-refractivity contribution in [2.24, 2.45) is 0 Å². The van der Waals surface area contributed by atoms with Crippen LogP contribution >= 0.6 is 0 Å². The number of hydrogen-bond donors (Lipinski definition) is 1. The highest BCUT2D eigenvalue weighted by Gasteiger charge is 2.27. The Morgan fingerprint density at radius 3 is 2.95 bits per heavy atom. The number of hydrogen-bond acceptors (Lipinski definition) is 6. The molecule has 1 fully saturated rings. The van der Waals surface area contributed by atoms with E-state index in [0.29, 0.717) is 43.3 Å². The molecule has 0 saturated carbocycles. The van der Waals surface area contributed by atoms with Crippen LogP contribution in [-0.4, -0.2) is 57.9 Å². The second-order valence-corrected chi connectivity index (χ2v) is 6.81. The van der Waals surface area contributed by atoms with Gasteiger partial charge in [-0.15, -0.1) is 14.8 Å². The summed E-state index contributed by atoms with van der Waals surface area (Å²) in [5.74, 6) is 1.58. The fourth-order valence-corrected chi connectivity index (χ4v) is 3.76. The van der Waals surface area contributed by atoms with Gasteiger partial charge in [-0.05, 0) is 25.5 Å². The maximum Gasteiger partial charge on any atom is 0.214 e. The van der Waals surface area contributed by atoms with Crippen LogP contribution < -0.4 is 5.32 Å². The van der Waals surface area contributed by atoms with Crippen LogP contribution in [0.15, 0.2) is 12.1 Å². The van der Waals surface area contributed by atoms with Crippen molar-refractivity contribution in [2.75, 3.05) is 30.7 Å². The quantitative estimate of drug-likeness (QED) is 0.845. The summed E-state index contributed by atoms with van der Waals surface area (Å²) in [5.41, 5.74) is 0.690. The molecule has 8 nitrogen and oxygen atoms in total. The van der Waals surface area contributed by atoms with E-state index < -0.39 is 10.0 Å². The molecule has 3 heterocycles. The van der Waals surface area contributed by atoms with Crippen molar-refractivity contribution in [3.63, 3.8) is 0 Å². The zero-order chi connectivity index (χ0) is 14.2. The Morgan fingerprint density at radius 2 is 2.20 bits per heavy atom. The molecule has 20 heavy (non-hydrogen) atoms. The van der Waals surface area contributed by atoms with Gasteiger partial charge in [0.05, 0.1) is 5.75 Å². The predicted octanol–water partition coefficient (Wildman–Crippen LogP) is -0.120. The van der Waals surface area contributed by atoms with Crippen molar-refractivity contribution in [3.05, 3.63) is 18.0 Å². The van der Waals surface area contributed by atoms with Gasteiger partial charge in [-0.1, -0.05) is 0 Å². The van der Waals surface area contributed by atoms with Gasteiger partial charge in [0.1, 0.15) is 11.6 Å². The molecule has 0 spiro atoms. The van der Waals surface area contributed by atoms with Crippen LogP contribution in [0.25, 0.3) is 5.65 Å². The fourth-order valence-electron chi connectivity index (χ4n) is 2.23. The van der Waals surface area contributed by atoms with Gasteiger partial charge in [0, 0.05) is 19.6 Å². The normalized spacial score (nSPS) is 18.6. The van der Waals surface area contributed by atoms with Crippen molar-refractivity contribution in [3.8, 4) is 0 Å². The summed E-state index contributed by atoms with van der Waals surface area (Å²) in [7, 11) is -3.03. The Labute approximate surface area is 116 Å². The molecule has 1 saturated heterocycles. The van der Waals surface area contributed by atoms with Gasteiger partial charge in [0.2, 0.25) is 10.0 Å². The molecule has 1 aliphatic heterocycles. The molecular weight excluding hydrogens is 280 g/mol. The fraction of sp³-hybridized carbons (Fsp3) is 0.545. The number of aromatic nitrogens is 4. The maximum atomic E-state index is 11.6. The topological polar surface area (TPSA) is 92.5 Å². The highest BCUT2D eigenvalue weighted by Crippen LogP contribution is 2.12. The minimum Gasteiger partial charge on any atom is -0.367 e. The number of fused-ring (bicyclic) bond motifs is 1. The maximum absolute atomic E-state index is 11.6. The largest absolute Gasteiger partial charge is 0.367 e. The smallest absolute Gasteiger partial charge is 0.214 e. The van der Waals surface area contributed by atoms with E-state index in [1.807, 2.05) is 12.1 Å². The van der Waals surface area contributed by atoms with Crippen LogP contribution in [0.3, 0.4) is 0 Å². The number of anilines is 1. The number of nitrogens with one attached hydrogen (secondary N) is 1. The van der Waals surface area contributed by atoms with Gasteiger partial charge in [-0.3, -0.25) is 0 Å². The summed E-state index contributed by atoms with van der Waals surface area (Å²) in [4.78, 5) is 4.19. The standard InChI is InChI=1S/C11H16N6O2S/c1-9-13-11-4-3-10(15-17(11)14-9)12-5-7-16-6-2-8-20(16,18)19/h3-4H,2,5-8H2,1H3,(H,12,15). The van der Waals surface area contributed by atoms with Gasteiger partial charge >= 0.3 is 0 Å². The van der Waals surface area contributed by atoms with Gasteiger partial charge in [0.15, 0.2) is 5.65 Å². The summed E-state index contributed by atoms with van der Waals surface area (Å²) >= 11 is 0. The monoisotopic (exact) mass is 296 g/mol. The summed E-state index contributed by atoms with van der Waals surface area (Å²) < 4.78 is 26.3. The summed E-state index contributed by atoms with van der Waals surface area (Å²) in [6.45, 7) is 3.39. The lowest BCUT2D eigenvalue weighted by Gasteiger charge is -2.14. The van der Waals surface area contributed by atoms with Crippen molar-refractivity contribution in [1.29, 1.82) is 0 Å². The van der Waals surface area contributed by atoms with E-state index >= 15 is 0 Å². The third-order valence-corrected chi connectivity index (χ3v) is 5.14. The van der Waals surface area contributed by atoms with E-state index in [2.05, 4.69) is 20.5 Å². The van der Waals surface area contributed by atoms with Gasteiger partial charge in [-0.2, -0.15) is 0 Å². The predicted molar refractivity (Wildman–Crippen MR) is 74.0 cm³/mol.